The van der Waals surface area contributed by atoms with Crippen molar-refractivity contribution in [3.05, 3.63) is 65.7 Å². The summed E-state index contributed by atoms with van der Waals surface area (Å²) in [5, 5.41) is 11.2. The standard InChI is InChI=1S/C23H23N5O3/c1-28-14-21(26-27-28)16-4-2-15(3-5-16)12-17-13-20(25-19-8-11-31-22(17)19)23(29)24-18-6-9-30-10-7-18/h2-5,8,11,13-14,18H,6-7,9-10,12H2,1H3,(H,24,29). The fourth-order valence-electron chi connectivity index (χ4n) is 3.87. The van der Waals surface area contributed by atoms with Crippen molar-refractivity contribution in [3.8, 4) is 11.3 Å². The first-order valence-electron chi connectivity index (χ1n) is 10.4. The molecular weight excluding hydrogens is 394 g/mol. The lowest BCUT2D eigenvalue weighted by Gasteiger charge is -2.23. The predicted molar refractivity (Wildman–Crippen MR) is 115 cm³/mol. The molecule has 1 N–H and O–H groups in total. The van der Waals surface area contributed by atoms with E-state index < -0.39 is 0 Å². The number of hydrogen-bond acceptors (Lipinski definition) is 6. The van der Waals surface area contributed by atoms with Gasteiger partial charge in [-0.1, -0.05) is 29.5 Å². The number of fused-ring (bicyclic) bond motifs is 1. The van der Waals surface area contributed by atoms with Gasteiger partial charge in [0.05, 0.1) is 12.5 Å². The maximum atomic E-state index is 12.8. The molecule has 0 saturated carbocycles. The molecule has 0 bridgehead atoms. The lowest BCUT2D eigenvalue weighted by Crippen LogP contribution is -2.39. The molecule has 4 heterocycles. The molecule has 1 aliphatic rings. The van der Waals surface area contributed by atoms with Crippen molar-refractivity contribution in [3.63, 3.8) is 0 Å². The van der Waals surface area contributed by atoms with Crippen LogP contribution in [0.4, 0.5) is 0 Å². The van der Waals surface area contributed by atoms with E-state index in [1.165, 1.54) is 0 Å². The minimum absolute atomic E-state index is 0.125. The maximum Gasteiger partial charge on any atom is 0.270 e. The fourth-order valence-corrected chi connectivity index (χ4v) is 3.87. The molecule has 1 saturated heterocycles. The average molecular weight is 417 g/mol. The summed E-state index contributed by atoms with van der Waals surface area (Å²) in [7, 11) is 1.85. The molecule has 0 radical (unpaired) electrons. The van der Waals surface area contributed by atoms with E-state index in [1.54, 1.807) is 17.0 Å². The van der Waals surface area contributed by atoms with Gasteiger partial charge >= 0.3 is 0 Å². The van der Waals surface area contributed by atoms with Crippen LogP contribution in [-0.4, -0.2) is 45.1 Å². The number of nitrogens with one attached hydrogen (secondary N) is 1. The Labute approximate surface area is 179 Å². The second-order valence-corrected chi connectivity index (χ2v) is 7.81. The Hall–Kier alpha value is -3.52. The van der Waals surface area contributed by atoms with Crippen LogP contribution in [0.25, 0.3) is 22.4 Å². The first-order valence-corrected chi connectivity index (χ1v) is 10.4. The van der Waals surface area contributed by atoms with Gasteiger partial charge in [0.2, 0.25) is 0 Å². The number of hydrogen-bond donors (Lipinski definition) is 1. The lowest BCUT2D eigenvalue weighted by atomic mass is 10.0. The van der Waals surface area contributed by atoms with Crippen LogP contribution in [0, 0.1) is 0 Å². The van der Waals surface area contributed by atoms with Gasteiger partial charge < -0.3 is 14.5 Å². The molecule has 1 amide bonds. The summed E-state index contributed by atoms with van der Waals surface area (Å²) in [6.07, 6.45) is 5.77. The van der Waals surface area contributed by atoms with Gasteiger partial charge in [-0.2, -0.15) is 0 Å². The van der Waals surface area contributed by atoms with Crippen molar-refractivity contribution < 1.29 is 13.9 Å². The molecule has 1 fully saturated rings. The molecule has 3 aromatic heterocycles. The SMILES string of the molecule is Cn1cc(-c2ccc(Cc3cc(C(=O)NC4CCOCC4)nc4ccoc34)cc2)nn1. The number of aryl methyl sites for hydroxylation is 1. The zero-order valence-corrected chi connectivity index (χ0v) is 17.2. The van der Waals surface area contributed by atoms with Crippen molar-refractivity contribution in [1.29, 1.82) is 0 Å². The van der Waals surface area contributed by atoms with E-state index in [-0.39, 0.29) is 11.9 Å². The summed E-state index contributed by atoms with van der Waals surface area (Å²) in [5.74, 6) is -0.158. The van der Waals surface area contributed by atoms with Gasteiger partial charge in [-0.15, -0.1) is 5.10 Å². The van der Waals surface area contributed by atoms with E-state index in [9.17, 15) is 4.79 Å². The number of benzene rings is 1. The largest absolute Gasteiger partial charge is 0.462 e. The fraction of sp³-hybridized carbons (Fsp3) is 0.304. The molecule has 0 atom stereocenters. The summed E-state index contributed by atoms with van der Waals surface area (Å²) in [6.45, 7) is 1.35. The number of carbonyl (C=O) groups is 1. The third kappa shape index (κ3) is 4.20. The molecule has 31 heavy (non-hydrogen) atoms. The van der Waals surface area contributed by atoms with Crippen LogP contribution in [0.5, 0.6) is 0 Å². The number of aromatic nitrogens is 4. The van der Waals surface area contributed by atoms with Gasteiger partial charge in [-0.25, -0.2) is 4.98 Å². The van der Waals surface area contributed by atoms with E-state index in [2.05, 4.69) is 32.7 Å². The number of carbonyl (C=O) groups excluding carboxylic acids is 1. The number of amides is 1. The topological polar surface area (TPSA) is 95.1 Å². The van der Waals surface area contributed by atoms with Gasteiger partial charge in [-0.3, -0.25) is 9.48 Å². The minimum Gasteiger partial charge on any atom is -0.462 e. The quantitative estimate of drug-likeness (QED) is 0.536. The number of rotatable bonds is 5. The summed E-state index contributed by atoms with van der Waals surface area (Å²) >= 11 is 0. The first kappa shape index (κ1) is 19.4. The molecule has 0 unspecified atom stereocenters. The van der Waals surface area contributed by atoms with E-state index >= 15 is 0 Å². The summed E-state index contributed by atoms with van der Waals surface area (Å²) in [5.41, 5.74) is 5.68. The van der Waals surface area contributed by atoms with Crippen LogP contribution >= 0.6 is 0 Å². The highest BCUT2D eigenvalue weighted by atomic mass is 16.5. The Morgan fingerprint density at radius 1 is 1.19 bits per heavy atom. The number of ether oxygens (including phenoxy) is 1. The molecule has 8 heteroatoms. The van der Waals surface area contributed by atoms with Crippen molar-refractivity contribution in [2.75, 3.05) is 13.2 Å². The molecule has 158 valence electrons. The van der Waals surface area contributed by atoms with Crippen LogP contribution < -0.4 is 5.32 Å². The smallest absolute Gasteiger partial charge is 0.270 e. The predicted octanol–water partition coefficient (Wildman–Crippen LogP) is 3.12. The number of furan rings is 1. The van der Waals surface area contributed by atoms with Crippen LogP contribution in [-0.2, 0) is 18.2 Å². The minimum atomic E-state index is -0.158. The highest BCUT2D eigenvalue weighted by Crippen LogP contribution is 2.24. The van der Waals surface area contributed by atoms with Gasteiger partial charge in [0.1, 0.15) is 16.9 Å². The molecule has 0 spiro atoms. The van der Waals surface area contributed by atoms with E-state index in [1.807, 2.05) is 31.4 Å². The average Bonchev–Trinajstić information content (AvgIpc) is 3.44. The van der Waals surface area contributed by atoms with Gasteiger partial charge in [0, 0.05) is 49.9 Å². The highest BCUT2D eigenvalue weighted by molar-refractivity contribution is 5.95. The van der Waals surface area contributed by atoms with E-state index in [0.29, 0.717) is 36.4 Å². The van der Waals surface area contributed by atoms with Crippen LogP contribution in [0.3, 0.4) is 0 Å². The molecule has 1 aliphatic heterocycles. The molecule has 5 rings (SSSR count). The number of pyridine rings is 1. The molecular formula is C23H23N5O3. The monoisotopic (exact) mass is 417 g/mol. The second-order valence-electron chi connectivity index (χ2n) is 7.81. The Bertz CT molecular complexity index is 1210. The number of nitrogens with zero attached hydrogens (tertiary/aromatic N) is 4. The normalized spacial score (nSPS) is 14.7. The third-order valence-corrected chi connectivity index (χ3v) is 5.52. The third-order valence-electron chi connectivity index (χ3n) is 5.52. The van der Waals surface area contributed by atoms with Crippen molar-refractivity contribution in [1.82, 2.24) is 25.3 Å². The molecule has 8 nitrogen and oxygen atoms in total. The summed E-state index contributed by atoms with van der Waals surface area (Å²) in [6, 6.07) is 11.9. The first-order chi connectivity index (χ1) is 15.2. The lowest BCUT2D eigenvalue weighted by molar-refractivity contribution is 0.0694. The maximum absolute atomic E-state index is 12.8. The Balaban J connectivity index is 1.38. The van der Waals surface area contributed by atoms with Crippen LogP contribution in [0.15, 0.2) is 53.3 Å². The van der Waals surface area contributed by atoms with Gasteiger partial charge in [-0.05, 0) is 24.5 Å². The molecule has 0 aliphatic carbocycles. The Morgan fingerprint density at radius 2 is 2.00 bits per heavy atom. The van der Waals surface area contributed by atoms with E-state index in [4.69, 9.17) is 9.15 Å². The van der Waals surface area contributed by atoms with Crippen molar-refractivity contribution >= 4 is 17.0 Å². The van der Waals surface area contributed by atoms with Crippen LogP contribution in [0.1, 0.15) is 34.5 Å². The summed E-state index contributed by atoms with van der Waals surface area (Å²) in [4.78, 5) is 17.3. The van der Waals surface area contributed by atoms with Crippen molar-refractivity contribution in [2.45, 2.75) is 25.3 Å². The molecule has 1 aromatic carbocycles. The van der Waals surface area contributed by atoms with E-state index in [0.717, 1.165) is 35.2 Å². The highest BCUT2D eigenvalue weighted by Gasteiger charge is 2.20. The van der Waals surface area contributed by atoms with Gasteiger partial charge in [0.25, 0.3) is 5.91 Å². The Morgan fingerprint density at radius 3 is 2.74 bits per heavy atom. The zero-order chi connectivity index (χ0) is 21.2. The summed E-state index contributed by atoms with van der Waals surface area (Å²) < 4.78 is 12.7. The van der Waals surface area contributed by atoms with Gasteiger partial charge in [0.15, 0.2) is 5.58 Å². The second kappa shape index (κ2) is 8.31. The molecule has 4 aromatic rings. The van der Waals surface area contributed by atoms with Crippen LogP contribution in [0.2, 0.25) is 0 Å². The van der Waals surface area contributed by atoms with Crippen molar-refractivity contribution in [2.24, 2.45) is 7.05 Å². The zero-order valence-electron chi connectivity index (χ0n) is 17.2. The Kier molecular flexibility index (Phi) is 5.21.